The monoisotopic (exact) mass is 388 g/mol. The van der Waals surface area contributed by atoms with E-state index in [0.29, 0.717) is 11.6 Å². The highest BCUT2D eigenvalue weighted by molar-refractivity contribution is 7.15. The van der Waals surface area contributed by atoms with Crippen LogP contribution in [0.15, 0.2) is 72.9 Å². The van der Waals surface area contributed by atoms with Gasteiger partial charge in [0.2, 0.25) is 5.91 Å². The lowest BCUT2D eigenvalue weighted by molar-refractivity contribution is -0.115. The molecule has 140 valence electrons. The fraction of sp³-hybridized carbons (Fsp3) is 0.130. The molecule has 4 rings (SSSR count). The summed E-state index contributed by atoms with van der Waals surface area (Å²) in [5, 5.41) is 6.02. The third kappa shape index (κ3) is 4.21. The molecular weight excluding hydrogens is 368 g/mol. The second-order valence-electron chi connectivity index (χ2n) is 6.52. The van der Waals surface area contributed by atoms with Crippen LogP contribution in [-0.2, 0) is 17.6 Å². The molecule has 0 aliphatic carbocycles. The Labute approximate surface area is 167 Å². The Morgan fingerprint density at radius 3 is 2.64 bits per heavy atom. The zero-order valence-electron chi connectivity index (χ0n) is 15.5. The first-order valence-electron chi connectivity index (χ1n) is 9.05. The largest absolute Gasteiger partial charge is 0.497 e. The van der Waals surface area contributed by atoms with Gasteiger partial charge in [-0.05, 0) is 34.0 Å². The van der Waals surface area contributed by atoms with Crippen LogP contribution in [-0.4, -0.2) is 18.0 Å². The molecule has 0 bridgehead atoms. The summed E-state index contributed by atoms with van der Waals surface area (Å²) in [6.45, 7) is 0. The molecule has 0 fully saturated rings. The number of amides is 1. The lowest BCUT2D eigenvalue weighted by atomic mass is 10.0. The molecule has 3 aromatic carbocycles. The highest BCUT2D eigenvalue weighted by Crippen LogP contribution is 2.25. The normalized spacial score (nSPS) is 10.8. The van der Waals surface area contributed by atoms with Gasteiger partial charge in [0, 0.05) is 17.5 Å². The number of hydrogen-bond donors (Lipinski definition) is 1. The molecule has 1 N–H and O–H groups in total. The van der Waals surface area contributed by atoms with Crippen molar-refractivity contribution in [1.29, 1.82) is 0 Å². The number of anilines is 1. The second-order valence-corrected chi connectivity index (χ2v) is 7.64. The van der Waals surface area contributed by atoms with Crippen LogP contribution in [0, 0.1) is 0 Å². The van der Waals surface area contributed by atoms with E-state index >= 15 is 0 Å². The fourth-order valence-electron chi connectivity index (χ4n) is 3.17. The van der Waals surface area contributed by atoms with Crippen molar-refractivity contribution in [3.05, 3.63) is 88.9 Å². The molecule has 4 nitrogen and oxygen atoms in total. The molecule has 1 heterocycles. The van der Waals surface area contributed by atoms with E-state index < -0.39 is 0 Å². The number of benzene rings is 3. The van der Waals surface area contributed by atoms with Gasteiger partial charge in [-0.15, -0.1) is 11.3 Å². The van der Waals surface area contributed by atoms with Crippen LogP contribution in [0.4, 0.5) is 5.13 Å². The molecule has 0 atom stereocenters. The van der Waals surface area contributed by atoms with Crippen molar-refractivity contribution in [2.24, 2.45) is 0 Å². The molecule has 0 aliphatic rings. The van der Waals surface area contributed by atoms with Crippen LogP contribution in [0.2, 0.25) is 0 Å². The first-order valence-corrected chi connectivity index (χ1v) is 9.87. The van der Waals surface area contributed by atoms with E-state index in [2.05, 4.69) is 52.8 Å². The van der Waals surface area contributed by atoms with Gasteiger partial charge >= 0.3 is 0 Å². The minimum absolute atomic E-state index is 0.0729. The molecule has 5 heteroatoms. The van der Waals surface area contributed by atoms with Crippen LogP contribution in [0.25, 0.3) is 10.8 Å². The molecule has 0 unspecified atom stereocenters. The number of ether oxygens (including phenoxy) is 1. The van der Waals surface area contributed by atoms with Crippen LogP contribution >= 0.6 is 11.3 Å². The number of nitrogens with zero attached hydrogens (tertiary/aromatic N) is 1. The quantitative estimate of drug-likeness (QED) is 0.501. The average Bonchev–Trinajstić information content (AvgIpc) is 3.15. The zero-order valence-corrected chi connectivity index (χ0v) is 16.3. The summed E-state index contributed by atoms with van der Waals surface area (Å²) in [6, 6.07) is 22.2. The van der Waals surface area contributed by atoms with Gasteiger partial charge in [-0.1, -0.05) is 54.6 Å². The highest BCUT2D eigenvalue weighted by atomic mass is 32.1. The van der Waals surface area contributed by atoms with Crippen molar-refractivity contribution < 1.29 is 9.53 Å². The molecule has 1 aromatic heterocycles. The third-order valence-corrected chi connectivity index (χ3v) is 5.48. The Hall–Kier alpha value is -3.18. The molecule has 0 saturated heterocycles. The number of aromatic nitrogens is 1. The van der Waals surface area contributed by atoms with E-state index in [1.807, 2.05) is 30.5 Å². The van der Waals surface area contributed by atoms with E-state index in [9.17, 15) is 4.79 Å². The molecule has 0 aliphatic heterocycles. The SMILES string of the molecule is COc1ccc(CC(=O)Nc2ncc(Cc3cccc4ccccc34)s2)cc1. The topological polar surface area (TPSA) is 51.2 Å². The Balaban J connectivity index is 1.41. The molecule has 4 aromatic rings. The number of nitrogens with one attached hydrogen (secondary N) is 1. The lowest BCUT2D eigenvalue weighted by Gasteiger charge is -2.05. The Kier molecular flexibility index (Phi) is 5.35. The highest BCUT2D eigenvalue weighted by Gasteiger charge is 2.09. The summed E-state index contributed by atoms with van der Waals surface area (Å²) in [5.74, 6) is 0.707. The molecule has 0 saturated carbocycles. The molecule has 1 amide bonds. The predicted octanol–water partition coefficient (Wildman–Crippen LogP) is 5.08. The third-order valence-electron chi connectivity index (χ3n) is 4.57. The van der Waals surface area contributed by atoms with Gasteiger partial charge in [-0.3, -0.25) is 4.79 Å². The van der Waals surface area contributed by atoms with Crippen LogP contribution in [0.5, 0.6) is 5.75 Å². The van der Waals surface area contributed by atoms with Gasteiger partial charge in [0.15, 0.2) is 5.13 Å². The summed E-state index contributed by atoms with van der Waals surface area (Å²) in [5.41, 5.74) is 2.20. The number of fused-ring (bicyclic) bond motifs is 1. The van der Waals surface area contributed by atoms with Gasteiger partial charge in [0.25, 0.3) is 0 Å². The number of thiazole rings is 1. The number of rotatable bonds is 6. The summed E-state index contributed by atoms with van der Waals surface area (Å²) in [4.78, 5) is 17.8. The van der Waals surface area contributed by atoms with Crippen molar-refractivity contribution in [2.45, 2.75) is 12.8 Å². The Morgan fingerprint density at radius 1 is 1.04 bits per heavy atom. The fourth-order valence-corrected chi connectivity index (χ4v) is 4.03. The number of hydrogen-bond acceptors (Lipinski definition) is 4. The summed E-state index contributed by atoms with van der Waals surface area (Å²) in [7, 11) is 1.63. The Bertz CT molecular complexity index is 1100. The van der Waals surface area contributed by atoms with Crippen molar-refractivity contribution in [2.75, 3.05) is 12.4 Å². The van der Waals surface area contributed by atoms with Crippen LogP contribution in [0.1, 0.15) is 16.0 Å². The summed E-state index contributed by atoms with van der Waals surface area (Å²) < 4.78 is 5.14. The average molecular weight is 388 g/mol. The maximum absolute atomic E-state index is 12.3. The van der Waals surface area contributed by atoms with Crippen molar-refractivity contribution in [3.63, 3.8) is 0 Å². The van der Waals surface area contributed by atoms with Crippen molar-refractivity contribution in [1.82, 2.24) is 4.98 Å². The predicted molar refractivity (Wildman–Crippen MR) is 114 cm³/mol. The number of carbonyl (C=O) groups is 1. The second kappa shape index (κ2) is 8.23. The van der Waals surface area contributed by atoms with E-state index in [-0.39, 0.29) is 5.91 Å². The number of carbonyl (C=O) groups excluding carboxylic acids is 1. The van der Waals surface area contributed by atoms with Crippen molar-refractivity contribution in [3.8, 4) is 5.75 Å². The van der Waals surface area contributed by atoms with Gasteiger partial charge < -0.3 is 10.1 Å². The van der Waals surface area contributed by atoms with E-state index in [0.717, 1.165) is 22.6 Å². The van der Waals surface area contributed by atoms with Gasteiger partial charge in [-0.25, -0.2) is 4.98 Å². The smallest absolute Gasteiger partial charge is 0.230 e. The molecule has 28 heavy (non-hydrogen) atoms. The molecular formula is C23H20N2O2S. The number of methoxy groups -OCH3 is 1. The first-order chi connectivity index (χ1) is 13.7. The minimum Gasteiger partial charge on any atom is -0.497 e. The lowest BCUT2D eigenvalue weighted by Crippen LogP contribution is -2.14. The maximum Gasteiger partial charge on any atom is 0.230 e. The van der Waals surface area contributed by atoms with E-state index in [4.69, 9.17) is 4.74 Å². The summed E-state index contributed by atoms with van der Waals surface area (Å²) in [6.07, 6.45) is 2.95. The Morgan fingerprint density at radius 2 is 1.82 bits per heavy atom. The first kappa shape index (κ1) is 18.2. The van der Waals surface area contributed by atoms with Crippen LogP contribution < -0.4 is 10.1 Å². The minimum atomic E-state index is -0.0729. The van der Waals surface area contributed by atoms with E-state index in [1.165, 1.54) is 27.7 Å². The molecule has 0 radical (unpaired) electrons. The van der Waals surface area contributed by atoms with Crippen molar-refractivity contribution >= 4 is 33.1 Å². The van der Waals surface area contributed by atoms with E-state index in [1.54, 1.807) is 7.11 Å². The van der Waals surface area contributed by atoms with Gasteiger partial charge in [-0.2, -0.15) is 0 Å². The summed E-state index contributed by atoms with van der Waals surface area (Å²) >= 11 is 1.52. The zero-order chi connectivity index (χ0) is 19.3. The maximum atomic E-state index is 12.3. The van der Waals surface area contributed by atoms with Gasteiger partial charge in [0.1, 0.15) is 5.75 Å². The van der Waals surface area contributed by atoms with Crippen LogP contribution in [0.3, 0.4) is 0 Å². The molecule has 0 spiro atoms. The van der Waals surface area contributed by atoms with Gasteiger partial charge in [0.05, 0.1) is 13.5 Å². The standard InChI is InChI=1S/C23H20N2O2S/c1-27-19-11-9-16(10-12-19)13-22(26)25-23-24-15-20(28-23)14-18-7-4-6-17-5-2-3-8-21(17)18/h2-12,15H,13-14H2,1H3,(H,24,25,26).